The minimum Gasteiger partial charge on any atom is -0.309 e. The van der Waals surface area contributed by atoms with Crippen molar-refractivity contribution in [2.45, 2.75) is 34.2 Å². The van der Waals surface area contributed by atoms with E-state index in [4.69, 9.17) is 4.99 Å². The third kappa shape index (κ3) is 7.12. The van der Waals surface area contributed by atoms with Crippen molar-refractivity contribution in [3.63, 3.8) is 0 Å². The molecule has 0 aromatic heterocycles. The minimum atomic E-state index is -0.152. The Balaban J connectivity index is 0.00000151. The van der Waals surface area contributed by atoms with Gasteiger partial charge in [0.2, 0.25) is 5.91 Å². The number of rotatable bonds is 5. The van der Waals surface area contributed by atoms with Gasteiger partial charge in [-0.25, -0.2) is 0 Å². The number of hydrogen-bond donors (Lipinski definition) is 1. The van der Waals surface area contributed by atoms with Crippen molar-refractivity contribution in [1.29, 1.82) is 0 Å². The Labute approximate surface area is 150 Å². The van der Waals surface area contributed by atoms with Crippen molar-refractivity contribution in [3.05, 3.63) is 71.8 Å². The van der Waals surface area contributed by atoms with Gasteiger partial charge in [-0.2, -0.15) is 0 Å². The number of nitrogens with zero attached hydrogens (tertiary/aromatic N) is 2. The Hall–Kier alpha value is -2.75. The Kier molecular flexibility index (Phi) is 9.53. The summed E-state index contributed by atoms with van der Waals surface area (Å²) in [5.41, 5.74) is 2.75. The number of amides is 1. The number of carbonyl (C=O) groups excluding carboxylic acids is 1. The Morgan fingerprint density at radius 1 is 0.920 bits per heavy atom. The number of aliphatic imine (C=N–C) groups is 2. The molecule has 4 heteroatoms. The quantitative estimate of drug-likeness (QED) is 0.643. The van der Waals surface area contributed by atoms with Crippen LogP contribution >= 0.6 is 0 Å². The molecule has 1 N–H and O–H groups in total. The van der Waals surface area contributed by atoms with Gasteiger partial charge in [0.1, 0.15) is 5.71 Å². The first kappa shape index (κ1) is 20.3. The lowest BCUT2D eigenvalue weighted by atomic mass is 10.1. The fourth-order valence-electron chi connectivity index (χ4n) is 2.15. The predicted molar refractivity (Wildman–Crippen MR) is 106 cm³/mol. The molecule has 4 nitrogen and oxygen atoms in total. The standard InChI is InChI=1S/C19H21N3O.C2H6/c1-3-20-19(22-15(2)23)18(17-12-8-5-9-13-17)21-14-16-10-6-4-7-11-16;1-2/h4-13H,3,14H2,1-2H3,(H,20,22,23);1-2H3. The van der Waals surface area contributed by atoms with Crippen LogP contribution in [0.2, 0.25) is 0 Å². The van der Waals surface area contributed by atoms with Gasteiger partial charge in [0.05, 0.1) is 6.54 Å². The fraction of sp³-hybridized carbons (Fsp3) is 0.286. The van der Waals surface area contributed by atoms with Crippen LogP contribution < -0.4 is 5.32 Å². The van der Waals surface area contributed by atoms with Gasteiger partial charge in [-0.1, -0.05) is 74.5 Å². The summed E-state index contributed by atoms with van der Waals surface area (Å²) in [6, 6.07) is 19.8. The molecule has 0 aliphatic rings. The fourth-order valence-corrected chi connectivity index (χ4v) is 2.15. The van der Waals surface area contributed by atoms with Crippen LogP contribution in [0, 0.1) is 0 Å². The third-order valence-electron chi connectivity index (χ3n) is 3.14. The van der Waals surface area contributed by atoms with Crippen LogP contribution in [0.1, 0.15) is 38.8 Å². The summed E-state index contributed by atoms with van der Waals surface area (Å²) in [6.45, 7) is 8.52. The molecule has 0 saturated carbocycles. The Bertz CT molecular complexity index is 692. The van der Waals surface area contributed by atoms with E-state index in [9.17, 15) is 4.79 Å². The van der Waals surface area contributed by atoms with Gasteiger partial charge >= 0.3 is 0 Å². The van der Waals surface area contributed by atoms with Crippen LogP contribution in [0.15, 0.2) is 70.6 Å². The van der Waals surface area contributed by atoms with Crippen LogP contribution in [0.3, 0.4) is 0 Å². The van der Waals surface area contributed by atoms with E-state index in [-0.39, 0.29) is 5.91 Å². The maximum absolute atomic E-state index is 11.5. The van der Waals surface area contributed by atoms with Gasteiger partial charge in [0.25, 0.3) is 0 Å². The van der Waals surface area contributed by atoms with Crippen molar-refractivity contribution in [1.82, 2.24) is 5.32 Å². The van der Waals surface area contributed by atoms with E-state index in [0.717, 1.165) is 11.1 Å². The highest BCUT2D eigenvalue weighted by Crippen LogP contribution is 2.07. The molecule has 2 rings (SSSR count). The summed E-state index contributed by atoms with van der Waals surface area (Å²) in [7, 11) is 0. The van der Waals surface area contributed by atoms with Crippen molar-refractivity contribution < 1.29 is 4.79 Å². The van der Waals surface area contributed by atoms with E-state index in [0.29, 0.717) is 24.6 Å². The molecule has 0 aliphatic heterocycles. The maximum Gasteiger partial charge on any atom is 0.222 e. The molecule has 0 unspecified atom stereocenters. The van der Waals surface area contributed by atoms with Crippen LogP contribution in [-0.4, -0.2) is 24.0 Å². The largest absolute Gasteiger partial charge is 0.309 e. The number of benzene rings is 2. The molecule has 0 aliphatic carbocycles. The molecular formula is C21H27N3O. The normalized spacial score (nSPS) is 11.4. The second-order valence-corrected chi connectivity index (χ2v) is 5.02. The molecule has 25 heavy (non-hydrogen) atoms. The second-order valence-electron chi connectivity index (χ2n) is 5.02. The van der Waals surface area contributed by atoms with E-state index < -0.39 is 0 Å². The summed E-state index contributed by atoms with van der Waals surface area (Å²) in [4.78, 5) is 20.6. The first-order chi connectivity index (χ1) is 12.2. The SMILES string of the molecule is CC.CCN=C(NC(C)=O)C(=NCc1ccccc1)c1ccccc1. The molecule has 0 saturated heterocycles. The molecule has 2 aromatic rings. The zero-order valence-electron chi connectivity index (χ0n) is 15.5. The van der Waals surface area contributed by atoms with Crippen LogP contribution in [0.4, 0.5) is 0 Å². The minimum absolute atomic E-state index is 0.152. The van der Waals surface area contributed by atoms with E-state index in [2.05, 4.69) is 10.3 Å². The molecule has 0 bridgehead atoms. The highest BCUT2D eigenvalue weighted by atomic mass is 16.1. The Morgan fingerprint density at radius 3 is 2.00 bits per heavy atom. The second kappa shape index (κ2) is 11.7. The van der Waals surface area contributed by atoms with Crippen molar-refractivity contribution in [3.8, 4) is 0 Å². The molecule has 0 spiro atoms. The molecular weight excluding hydrogens is 310 g/mol. The molecule has 1 amide bonds. The van der Waals surface area contributed by atoms with Crippen LogP contribution in [0.5, 0.6) is 0 Å². The predicted octanol–water partition coefficient (Wildman–Crippen LogP) is 4.26. The molecule has 0 fully saturated rings. The number of nitrogens with one attached hydrogen (secondary N) is 1. The summed E-state index contributed by atoms with van der Waals surface area (Å²) in [5.74, 6) is 0.364. The smallest absolute Gasteiger partial charge is 0.222 e. The first-order valence-electron chi connectivity index (χ1n) is 8.67. The number of amidine groups is 1. The monoisotopic (exact) mass is 337 g/mol. The van der Waals surface area contributed by atoms with Crippen molar-refractivity contribution in [2.75, 3.05) is 6.54 Å². The number of hydrogen-bond acceptors (Lipinski definition) is 3. The van der Waals surface area contributed by atoms with Gasteiger partial charge in [0.15, 0.2) is 5.84 Å². The first-order valence-corrected chi connectivity index (χ1v) is 8.67. The molecule has 0 heterocycles. The highest BCUT2D eigenvalue weighted by molar-refractivity contribution is 6.49. The summed E-state index contributed by atoms with van der Waals surface area (Å²) >= 11 is 0. The van der Waals surface area contributed by atoms with E-state index in [1.54, 1.807) is 0 Å². The van der Waals surface area contributed by atoms with Crippen LogP contribution in [-0.2, 0) is 11.3 Å². The topological polar surface area (TPSA) is 53.8 Å². The van der Waals surface area contributed by atoms with Crippen molar-refractivity contribution >= 4 is 17.5 Å². The lowest BCUT2D eigenvalue weighted by molar-refractivity contribution is -0.117. The number of carbonyl (C=O) groups is 1. The van der Waals surface area contributed by atoms with Gasteiger partial charge in [0, 0.05) is 19.0 Å². The highest BCUT2D eigenvalue weighted by Gasteiger charge is 2.12. The van der Waals surface area contributed by atoms with Gasteiger partial charge in [-0.15, -0.1) is 0 Å². The molecule has 0 atom stereocenters. The molecule has 2 aromatic carbocycles. The molecule has 0 radical (unpaired) electrons. The van der Waals surface area contributed by atoms with Gasteiger partial charge in [-0.3, -0.25) is 14.8 Å². The summed E-state index contributed by atoms with van der Waals surface area (Å²) < 4.78 is 0. The van der Waals surface area contributed by atoms with Gasteiger partial charge in [-0.05, 0) is 12.5 Å². The van der Waals surface area contributed by atoms with E-state index in [1.165, 1.54) is 6.92 Å². The Morgan fingerprint density at radius 2 is 1.48 bits per heavy atom. The third-order valence-corrected chi connectivity index (χ3v) is 3.14. The lowest BCUT2D eigenvalue weighted by Crippen LogP contribution is -2.35. The maximum atomic E-state index is 11.5. The zero-order valence-corrected chi connectivity index (χ0v) is 15.5. The van der Waals surface area contributed by atoms with E-state index in [1.807, 2.05) is 81.4 Å². The lowest BCUT2D eigenvalue weighted by Gasteiger charge is -2.11. The molecule has 132 valence electrons. The zero-order chi connectivity index (χ0) is 18.5. The van der Waals surface area contributed by atoms with Crippen LogP contribution in [0.25, 0.3) is 0 Å². The van der Waals surface area contributed by atoms with Crippen molar-refractivity contribution in [2.24, 2.45) is 9.98 Å². The average molecular weight is 337 g/mol. The summed E-state index contributed by atoms with van der Waals surface area (Å²) in [6.07, 6.45) is 0. The average Bonchev–Trinajstić information content (AvgIpc) is 2.65. The summed E-state index contributed by atoms with van der Waals surface area (Å²) in [5, 5.41) is 2.80. The van der Waals surface area contributed by atoms with E-state index >= 15 is 0 Å². The van der Waals surface area contributed by atoms with Gasteiger partial charge < -0.3 is 5.32 Å².